The summed E-state index contributed by atoms with van der Waals surface area (Å²) >= 11 is 0. The Kier molecular flexibility index (Phi) is 5.92. The minimum absolute atomic E-state index is 0.0226. The molecule has 0 bridgehead atoms. The van der Waals surface area contributed by atoms with Crippen LogP contribution in [0.4, 0.5) is 18.9 Å². The van der Waals surface area contributed by atoms with E-state index in [1.165, 1.54) is 30.3 Å². The smallest absolute Gasteiger partial charge is 0.347 e. The van der Waals surface area contributed by atoms with E-state index in [0.29, 0.717) is 6.54 Å². The molecule has 0 saturated carbocycles. The first-order chi connectivity index (χ1) is 13.8. The molecular weight excluding hydrogens is 383 g/mol. The summed E-state index contributed by atoms with van der Waals surface area (Å²) in [6.07, 6.45) is -4.52. The number of rotatable bonds is 5. The van der Waals surface area contributed by atoms with Gasteiger partial charge in [-0.05, 0) is 35.9 Å². The van der Waals surface area contributed by atoms with E-state index in [9.17, 15) is 22.8 Å². The van der Waals surface area contributed by atoms with Crippen LogP contribution < -0.4 is 10.6 Å². The molecule has 5 nitrogen and oxygen atoms in total. The van der Waals surface area contributed by atoms with Gasteiger partial charge in [-0.15, -0.1) is 0 Å². The standard InChI is InChI=1S/C21H16F3N3O2/c22-21(23,24)15-8-4-9-16(12-15)26-20(29)18-11-5-10-17(27-18)19(28)25-13-14-6-2-1-3-7-14/h1-12H,13H2,(H,25,28)(H,26,29). The van der Waals surface area contributed by atoms with Gasteiger partial charge in [0.25, 0.3) is 11.8 Å². The van der Waals surface area contributed by atoms with E-state index in [0.717, 1.165) is 17.7 Å². The number of halogens is 3. The molecule has 0 atom stereocenters. The van der Waals surface area contributed by atoms with Crippen LogP contribution in [0.15, 0.2) is 72.8 Å². The summed E-state index contributed by atoms with van der Waals surface area (Å²) in [7, 11) is 0. The van der Waals surface area contributed by atoms with Gasteiger partial charge in [0.1, 0.15) is 11.4 Å². The van der Waals surface area contributed by atoms with Crippen molar-refractivity contribution in [2.45, 2.75) is 12.7 Å². The van der Waals surface area contributed by atoms with E-state index in [4.69, 9.17) is 0 Å². The average molecular weight is 399 g/mol. The minimum Gasteiger partial charge on any atom is -0.347 e. The number of nitrogens with zero attached hydrogens (tertiary/aromatic N) is 1. The summed E-state index contributed by atoms with van der Waals surface area (Å²) < 4.78 is 38.4. The molecule has 148 valence electrons. The van der Waals surface area contributed by atoms with Crippen molar-refractivity contribution in [1.29, 1.82) is 0 Å². The Morgan fingerprint density at radius 2 is 1.48 bits per heavy atom. The Bertz CT molecular complexity index is 1020. The number of nitrogens with one attached hydrogen (secondary N) is 2. The molecule has 0 aliphatic rings. The molecule has 29 heavy (non-hydrogen) atoms. The van der Waals surface area contributed by atoms with E-state index in [2.05, 4.69) is 15.6 Å². The van der Waals surface area contributed by atoms with Gasteiger partial charge < -0.3 is 10.6 Å². The van der Waals surface area contributed by atoms with Crippen LogP contribution in [0.5, 0.6) is 0 Å². The van der Waals surface area contributed by atoms with Gasteiger partial charge >= 0.3 is 6.18 Å². The summed E-state index contributed by atoms with van der Waals surface area (Å²) in [6, 6.07) is 17.8. The van der Waals surface area contributed by atoms with Crippen molar-refractivity contribution in [3.05, 3.63) is 95.3 Å². The van der Waals surface area contributed by atoms with Gasteiger partial charge in [-0.3, -0.25) is 9.59 Å². The number of anilines is 1. The molecule has 0 aliphatic carbocycles. The van der Waals surface area contributed by atoms with Gasteiger partial charge in [0.2, 0.25) is 0 Å². The molecule has 2 N–H and O–H groups in total. The second kappa shape index (κ2) is 8.55. The zero-order chi connectivity index (χ0) is 20.9. The molecule has 2 aromatic carbocycles. The highest BCUT2D eigenvalue weighted by Gasteiger charge is 2.30. The van der Waals surface area contributed by atoms with Crippen LogP contribution in [-0.2, 0) is 12.7 Å². The topological polar surface area (TPSA) is 71.1 Å². The Balaban J connectivity index is 1.68. The summed E-state index contributed by atoms with van der Waals surface area (Å²) in [5.41, 5.74) is -0.0606. The third kappa shape index (κ3) is 5.41. The first kappa shape index (κ1) is 20.1. The van der Waals surface area contributed by atoms with Crippen molar-refractivity contribution in [3.63, 3.8) is 0 Å². The van der Waals surface area contributed by atoms with Crippen LogP contribution in [-0.4, -0.2) is 16.8 Å². The lowest BCUT2D eigenvalue weighted by Crippen LogP contribution is -2.25. The maximum Gasteiger partial charge on any atom is 0.416 e. The number of carbonyl (C=O) groups is 2. The molecule has 3 rings (SSSR count). The van der Waals surface area contributed by atoms with Gasteiger partial charge in [-0.2, -0.15) is 13.2 Å². The van der Waals surface area contributed by atoms with Gasteiger partial charge in [-0.25, -0.2) is 4.98 Å². The molecule has 8 heteroatoms. The van der Waals surface area contributed by atoms with Crippen molar-refractivity contribution in [3.8, 4) is 0 Å². The van der Waals surface area contributed by atoms with Crippen LogP contribution in [0.25, 0.3) is 0 Å². The number of alkyl halides is 3. The molecule has 0 radical (unpaired) electrons. The van der Waals surface area contributed by atoms with E-state index in [-0.39, 0.29) is 17.1 Å². The highest BCUT2D eigenvalue weighted by Crippen LogP contribution is 2.30. The fourth-order valence-corrected chi connectivity index (χ4v) is 2.52. The molecule has 0 unspecified atom stereocenters. The predicted octanol–water partition coefficient (Wildman–Crippen LogP) is 4.28. The molecule has 3 aromatic rings. The summed E-state index contributed by atoms with van der Waals surface area (Å²) in [5.74, 6) is -1.19. The van der Waals surface area contributed by atoms with Crippen molar-refractivity contribution in [2.75, 3.05) is 5.32 Å². The molecule has 0 fully saturated rings. The SMILES string of the molecule is O=C(NCc1ccccc1)c1cccc(C(=O)Nc2cccc(C(F)(F)F)c2)n1. The van der Waals surface area contributed by atoms with Gasteiger partial charge in [0.05, 0.1) is 5.56 Å². The fourth-order valence-electron chi connectivity index (χ4n) is 2.52. The maximum absolute atomic E-state index is 12.8. The number of benzene rings is 2. The van der Waals surface area contributed by atoms with Crippen molar-refractivity contribution < 1.29 is 22.8 Å². The van der Waals surface area contributed by atoms with Gasteiger partial charge in [0.15, 0.2) is 0 Å². The zero-order valence-electron chi connectivity index (χ0n) is 15.0. The molecule has 0 aliphatic heterocycles. The monoisotopic (exact) mass is 399 g/mol. The number of hydrogen-bond donors (Lipinski definition) is 2. The molecular formula is C21H16F3N3O2. The second-order valence-corrected chi connectivity index (χ2v) is 6.11. The van der Waals surface area contributed by atoms with Gasteiger partial charge in [-0.1, -0.05) is 42.5 Å². The Labute approximate surface area is 164 Å². The molecule has 0 saturated heterocycles. The van der Waals surface area contributed by atoms with Crippen LogP contribution in [0.2, 0.25) is 0 Å². The van der Waals surface area contributed by atoms with Gasteiger partial charge in [0, 0.05) is 12.2 Å². The molecule has 1 heterocycles. The normalized spacial score (nSPS) is 11.0. The number of hydrogen-bond acceptors (Lipinski definition) is 3. The number of amides is 2. The third-order valence-corrected chi connectivity index (χ3v) is 3.96. The zero-order valence-corrected chi connectivity index (χ0v) is 15.0. The Hall–Kier alpha value is -3.68. The van der Waals surface area contributed by atoms with E-state index >= 15 is 0 Å². The molecule has 2 amide bonds. The van der Waals surface area contributed by atoms with E-state index in [1.54, 1.807) is 0 Å². The van der Waals surface area contributed by atoms with Crippen molar-refractivity contribution in [2.24, 2.45) is 0 Å². The third-order valence-electron chi connectivity index (χ3n) is 3.96. The lowest BCUT2D eigenvalue weighted by atomic mass is 10.2. The van der Waals surface area contributed by atoms with Crippen LogP contribution >= 0.6 is 0 Å². The van der Waals surface area contributed by atoms with Crippen LogP contribution in [0.1, 0.15) is 32.1 Å². The summed E-state index contributed by atoms with van der Waals surface area (Å²) in [6.45, 7) is 0.294. The Morgan fingerprint density at radius 1 is 0.828 bits per heavy atom. The lowest BCUT2D eigenvalue weighted by molar-refractivity contribution is -0.137. The van der Waals surface area contributed by atoms with Crippen LogP contribution in [0.3, 0.4) is 0 Å². The van der Waals surface area contributed by atoms with Crippen LogP contribution in [0, 0.1) is 0 Å². The summed E-state index contributed by atoms with van der Waals surface area (Å²) in [5, 5.41) is 5.06. The Morgan fingerprint density at radius 3 is 2.17 bits per heavy atom. The second-order valence-electron chi connectivity index (χ2n) is 6.11. The van der Waals surface area contributed by atoms with Crippen molar-refractivity contribution in [1.82, 2.24) is 10.3 Å². The average Bonchev–Trinajstić information content (AvgIpc) is 2.72. The molecule has 1 aromatic heterocycles. The largest absolute Gasteiger partial charge is 0.416 e. The number of carbonyl (C=O) groups excluding carboxylic acids is 2. The predicted molar refractivity (Wildman–Crippen MR) is 101 cm³/mol. The quantitative estimate of drug-likeness (QED) is 0.673. The minimum atomic E-state index is -4.52. The highest BCUT2D eigenvalue weighted by atomic mass is 19.4. The van der Waals surface area contributed by atoms with E-state index < -0.39 is 23.6 Å². The van der Waals surface area contributed by atoms with Crippen molar-refractivity contribution >= 4 is 17.5 Å². The fraction of sp³-hybridized carbons (Fsp3) is 0.0952. The van der Waals surface area contributed by atoms with E-state index in [1.807, 2.05) is 30.3 Å². The lowest BCUT2D eigenvalue weighted by Gasteiger charge is -2.10. The molecule has 0 spiro atoms. The maximum atomic E-state index is 12.8. The summed E-state index contributed by atoms with van der Waals surface area (Å²) in [4.78, 5) is 28.6. The number of aromatic nitrogens is 1. The number of pyridine rings is 1. The highest BCUT2D eigenvalue weighted by molar-refractivity contribution is 6.03. The first-order valence-corrected chi connectivity index (χ1v) is 8.61. The first-order valence-electron chi connectivity index (χ1n) is 8.61.